The number of imide groups is 1. The zero-order chi connectivity index (χ0) is 37.2. The van der Waals surface area contributed by atoms with Gasteiger partial charge in [0.2, 0.25) is 17.7 Å². The lowest BCUT2D eigenvalue weighted by atomic mass is 9.67. The van der Waals surface area contributed by atoms with Crippen LogP contribution in [0.1, 0.15) is 135 Å². The van der Waals surface area contributed by atoms with Gasteiger partial charge in [0.05, 0.1) is 18.2 Å². The Balaban J connectivity index is 0.768. The number of rotatable bonds is 9. The van der Waals surface area contributed by atoms with E-state index < -0.39 is 6.04 Å². The third kappa shape index (κ3) is 8.68. The zero-order valence-corrected chi connectivity index (χ0v) is 33.5. The molecule has 54 heavy (non-hydrogen) atoms. The van der Waals surface area contributed by atoms with Gasteiger partial charge in [-0.2, -0.15) is 0 Å². The van der Waals surface area contributed by atoms with Crippen molar-refractivity contribution in [2.24, 2.45) is 29.6 Å². The van der Waals surface area contributed by atoms with Gasteiger partial charge in [0.1, 0.15) is 6.04 Å². The van der Waals surface area contributed by atoms with E-state index in [1.54, 1.807) is 4.90 Å². The van der Waals surface area contributed by atoms with Crippen LogP contribution in [0.15, 0.2) is 11.1 Å². The number of hydrogen-bond acceptors (Lipinski definition) is 8. The second-order valence-electron chi connectivity index (χ2n) is 18.9. The summed E-state index contributed by atoms with van der Waals surface area (Å²) < 4.78 is 0. The number of nitrogens with one attached hydrogen (secondary N) is 2. The van der Waals surface area contributed by atoms with Gasteiger partial charge in [-0.3, -0.25) is 29.9 Å². The quantitative estimate of drug-likeness (QED) is 0.222. The Kier molecular flexibility index (Phi) is 12.8. The molecule has 0 aromatic carbocycles. The molecule has 4 unspecified atom stereocenters. The van der Waals surface area contributed by atoms with Crippen molar-refractivity contribution < 1.29 is 19.5 Å². The Bertz CT molecular complexity index is 1330. The van der Waals surface area contributed by atoms with Gasteiger partial charge in [0.15, 0.2) is 0 Å². The molecule has 0 radical (unpaired) electrons. The first-order valence-electron chi connectivity index (χ1n) is 22.9. The number of allylic oxidation sites excluding steroid dienone is 2. The van der Waals surface area contributed by atoms with Crippen molar-refractivity contribution in [3.8, 4) is 0 Å². The first-order chi connectivity index (χ1) is 26.3. The van der Waals surface area contributed by atoms with Crippen LogP contribution >= 0.6 is 0 Å². The van der Waals surface area contributed by atoms with Crippen LogP contribution in [0.25, 0.3) is 0 Å². The summed E-state index contributed by atoms with van der Waals surface area (Å²) in [5.41, 5.74) is 3.77. The first kappa shape index (κ1) is 39.0. The maximum Gasteiger partial charge on any atom is 0.249 e. The number of carbonyl (C=O) groups is 3. The molecule has 302 valence electrons. The molecule has 10 nitrogen and oxygen atoms in total. The van der Waals surface area contributed by atoms with Crippen LogP contribution in [0.5, 0.6) is 0 Å². The van der Waals surface area contributed by atoms with Crippen molar-refractivity contribution in [2.75, 3.05) is 52.4 Å². The number of fused-ring (bicyclic) bond motifs is 1. The van der Waals surface area contributed by atoms with Gasteiger partial charge in [0, 0.05) is 57.8 Å². The lowest BCUT2D eigenvalue weighted by Crippen LogP contribution is -2.60. The van der Waals surface area contributed by atoms with E-state index in [4.69, 9.17) is 0 Å². The number of piperidine rings is 3. The summed E-state index contributed by atoms with van der Waals surface area (Å²) in [5, 5.41) is 16.6. The van der Waals surface area contributed by atoms with Gasteiger partial charge < -0.3 is 19.8 Å². The third-order valence-corrected chi connectivity index (χ3v) is 15.9. The highest BCUT2D eigenvalue weighted by molar-refractivity contribution is 6.02. The lowest BCUT2D eigenvalue weighted by molar-refractivity contribution is -0.144. The summed E-state index contributed by atoms with van der Waals surface area (Å²) in [6, 6.07) is 0.351. The molecule has 0 bridgehead atoms. The van der Waals surface area contributed by atoms with Crippen molar-refractivity contribution in [1.29, 1.82) is 0 Å². The van der Waals surface area contributed by atoms with Crippen LogP contribution in [-0.4, -0.2) is 125 Å². The summed E-state index contributed by atoms with van der Waals surface area (Å²) in [6.07, 6.45) is 23.8. The Morgan fingerprint density at radius 3 is 2.06 bits per heavy atom. The van der Waals surface area contributed by atoms with Crippen molar-refractivity contribution in [3.63, 3.8) is 0 Å². The molecule has 3 saturated carbocycles. The Labute approximate surface area is 325 Å². The summed E-state index contributed by atoms with van der Waals surface area (Å²) in [6.45, 7) is 11.2. The average Bonchev–Trinajstić information content (AvgIpc) is 3.53. The summed E-state index contributed by atoms with van der Waals surface area (Å²) in [4.78, 5) is 47.4. The maximum absolute atomic E-state index is 13.3. The molecule has 3 aliphatic carbocycles. The highest BCUT2D eigenvalue weighted by atomic mass is 16.3. The summed E-state index contributed by atoms with van der Waals surface area (Å²) in [7, 11) is 0. The fraction of sp³-hybridized carbons (Fsp3) is 0.886. The minimum absolute atomic E-state index is 0.0549. The molecule has 3 amide bonds. The number of amides is 3. The number of piperazine rings is 1. The average molecular weight is 749 g/mol. The smallest absolute Gasteiger partial charge is 0.249 e. The van der Waals surface area contributed by atoms with E-state index >= 15 is 0 Å². The fourth-order valence-electron chi connectivity index (χ4n) is 12.8. The first-order valence-corrected chi connectivity index (χ1v) is 22.9. The van der Waals surface area contributed by atoms with E-state index in [0.717, 1.165) is 81.6 Å². The number of nitrogens with zero attached hydrogens (tertiary/aromatic N) is 4. The normalized spacial score (nSPS) is 38.0. The van der Waals surface area contributed by atoms with Crippen LogP contribution in [0, 0.1) is 29.6 Å². The highest BCUT2D eigenvalue weighted by Gasteiger charge is 2.49. The molecule has 5 heterocycles. The summed E-state index contributed by atoms with van der Waals surface area (Å²) in [5.74, 6) is 2.64. The van der Waals surface area contributed by atoms with Crippen LogP contribution in [0.3, 0.4) is 0 Å². The number of aliphatic hydroxyl groups excluding tert-OH is 1. The molecule has 8 fully saturated rings. The van der Waals surface area contributed by atoms with Crippen LogP contribution < -0.4 is 10.6 Å². The molecule has 0 aromatic rings. The molecule has 5 aliphatic heterocycles. The second-order valence-corrected chi connectivity index (χ2v) is 18.9. The number of hydrogen-bond donors (Lipinski definition) is 3. The van der Waals surface area contributed by atoms with Gasteiger partial charge in [0.25, 0.3) is 0 Å². The van der Waals surface area contributed by atoms with Crippen LogP contribution in [0.4, 0.5) is 0 Å². The molecular weight excluding hydrogens is 677 g/mol. The third-order valence-electron chi connectivity index (χ3n) is 15.9. The molecule has 8 aliphatic rings. The summed E-state index contributed by atoms with van der Waals surface area (Å²) >= 11 is 0. The lowest BCUT2D eigenvalue weighted by Gasteiger charge is -2.45. The van der Waals surface area contributed by atoms with E-state index in [0.29, 0.717) is 25.6 Å². The SMILES string of the molecule is CC/C(=C(\C1CCC(O)CC1)C1CCC(N2CCC(CN3CCN(C4CCC5C(=O)N(C6CCC(=O)NC6=O)CC5N4)CC3)CC2)CC1)C1CCCCC1. The molecule has 0 aromatic heterocycles. The Hall–Kier alpha value is -1.85. The number of likely N-dealkylation sites (tertiary alicyclic amines) is 2. The molecule has 8 rings (SSSR count). The predicted molar refractivity (Wildman–Crippen MR) is 211 cm³/mol. The molecule has 0 spiro atoms. The van der Waals surface area contributed by atoms with Gasteiger partial charge >= 0.3 is 0 Å². The minimum atomic E-state index is -0.505. The standard InChI is InChI=1S/C44H72N6O4/c1-2-36(31-6-4-3-5-7-31)42(33-10-14-35(51)15-11-33)32-8-12-34(13-9-32)48-22-20-30(21-23-48)28-47-24-26-49(27-25-47)40-18-16-37-38(45-40)29-50(44(37)54)39-17-19-41(52)46-43(39)53/h30-35,37-40,45,51H,2-29H2,1H3,(H,46,52,53)/b42-36+. The Morgan fingerprint density at radius 1 is 0.704 bits per heavy atom. The second kappa shape index (κ2) is 17.7. The molecular formula is C44H72N6O4. The maximum atomic E-state index is 13.3. The Morgan fingerprint density at radius 2 is 1.39 bits per heavy atom. The van der Waals surface area contributed by atoms with Crippen molar-refractivity contribution in [3.05, 3.63) is 11.1 Å². The topological polar surface area (TPSA) is 108 Å². The van der Waals surface area contributed by atoms with Crippen molar-refractivity contribution >= 4 is 17.7 Å². The van der Waals surface area contributed by atoms with Gasteiger partial charge in [-0.25, -0.2) is 0 Å². The molecule has 4 atom stereocenters. The molecule has 10 heteroatoms. The van der Waals surface area contributed by atoms with E-state index in [1.807, 2.05) is 11.1 Å². The van der Waals surface area contributed by atoms with E-state index in [9.17, 15) is 19.5 Å². The number of carbonyl (C=O) groups excluding carboxylic acids is 3. The van der Waals surface area contributed by atoms with E-state index in [1.165, 1.54) is 110 Å². The highest BCUT2D eigenvalue weighted by Crippen LogP contribution is 2.46. The fourth-order valence-corrected chi connectivity index (χ4v) is 12.8. The van der Waals surface area contributed by atoms with Crippen LogP contribution in [-0.2, 0) is 14.4 Å². The molecule has 5 saturated heterocycles. The van der Waals surface area contributed by atoms with Crippen molar-refractivity contribution in [1.82, 2.24) is 30.2 Å². The minimum Gasteiger partial charge on any atom is -0.393 e. The largest absolute Gasteiger partial charge is 0.393 e. The number of aliphatic hydroxyl groups is 1. The van der Waals surface area contributed by atoms with Gasteiger partial charge in [-0.15, -0.1) is 0 Å². The zero-order valence-electron chi connectivity index (χ0n) is 33.5. The molecule has 3 N–H and O–H groups in total. The van der Waals surface area contributed by atoms with Gasteiger partial charge in [-0.05, 0) is 139 Å². The van der Waals surface area contributed by atoms with E-state index in [-0.39, 0.29) is 35.8 Å². The van der Waals surface area contributed by atoms with Gasteiger partial charge in [-0.1, -0.05) is 37.3 Å². The van der Waals surface area contributed by atoms with Crippen molar-refractivity contribution in [2.45, 2.75) is 166 Å². The van der Waals surface area contributed by atoms with Crippen LogP contribution in [0.2, 0.25) is 0 Å². The monoisotopic (exact) mass is 749 g/mol. The predicted octanol–water partition coefficient (Wildman–Crippen LogP) is 5.05. The van der Waals surface area contributed by atoms with E-state index in [2.05, 4.69) is 32.3 Å².